The third-order valence-electron chi connectivity index (χ3n) is 3.59. The van der Waals surface area contributed by atoms with Gasteiger partial charge in [0.25, 0.3) is 0 Å². The van der Waals surface area contributed by atoms with E-state index in [-0.39, 0.29) is 37.3 Å². The second-order valence-corrected chi connectivity index (χ2v) is 7.48. The largest absolute Gasteiger partial charge is 0.481 e. The number of carboxylic acid groups (broad SMARTS) is 1. The lowest BCUT2D eigenvalue weighted by Crippen LogP contribution is -2.47. The van der Waals surface area contributed by atoms with E-state index in [1.165, 1.54) is 0 Å². The fourth-order valence-electron chi connectivity index (χ4n) is 1.96. The van der Waals surface area contributed by atoms with Gasteiger partial charge in [0.05, 0.1) is 52.7 Å². The Morgan fingerprint density at radius 1 is 1.12 bits per heavy atom. The van der Waals surface area contributed by atoms with Crippen LogP contribution in [-0.2, 0) is 19.2 Å². The zero-order valence-electron chi connectivity index (χ0n) is 15.7. The molecule has 0 spiro atoms. The fraction of sp³-hybridized carbons (Fsp3) is 0.750. The summed E-state index contributed by atoms with van der Waals surface area (Å²) in [5.74, 6) is -2.15. The predicted octanol–water partition coefficient (Wildman–Crippen LogP) is -1.24. The summed E-state index contributed by atoms with van der Waals surface area (Å²) in [6, 6.07) is -1.66. The number of ketones is 1. The quantitative estimate of drug-likeness (QED) is 0.197. The van der Waals surface area contributed by atoms with Crippen LogP contribution in [0.5, 0.6) is 0 Å². The molecule has 150 valence electrons. The summed E-state index contributed by atoms with van der Waals surface area (Å²) in [7, 11) is 6.02. The summed E-state index contributed by atoms with van der Waals surface area (Å²) >= 11 is 4.00. The molecule has 5 N–H and O–H groups in total. The van der Waals surface area contributed by atoms with Crippen molar-refractivity contribution in [2.24, 2.45) is 5.73 Å². The van der Waals surface area contributed by atoms with Gasteiger partial charge in [-0.25, -0.2) is 0 Å². The van der Waals surface area contributed by atoms with E-state index in [1.807, 2.05) is 21.1 Å². The number of nitrogens with zero attached hydrogens (tertiary/aromatic N) is 1. The minimum absolute atomic E-state index is 0.0135. The molecule has 0 radical (unpaired) electrons. The van der Waals surface area contributed by atoms with Gasteiger partial charge in [-0.05, 0) is 6.42 Å². The first kappa shape index (κ1) is 24.4. The number of nitrogens with one attached hydrogen (secondary N) is 2. The molecular formula is C16H31N4O5S+. The molecule has 0 aliphatic rings. The van der Waals surface area contributed by atoms with Crippen molar-refractivity contribution in [3.63, 3.8) is 0 Å². The second-order valence-electron chi connectivity index (χ2n) is 7.11. The van der Waals surface area contributed by atoms with E-state index in [1.54, 1.807) is 0 Å². The maximum atomic E-state index is 11.9. The van der Waals surface area contributed by atoms with Crippen molar-refractivity contribution in [1.29, 1.82) is 0 Å². The number of Topliss-reactive ketones (excluding diaryl/α,β-unsaturated/α-hetero) is 1. The maximum absolute atomic E-state index is 11.9. The van der Waals surface area contributed by atoms with Crippen molar-refractivity contribution in [2.75, 3.05) is 40.0 Å². The van der Waals surface area contributed by atoms with E-state index in [9.17, 15) is 19.2 Å². The molecule has 2 atom stereocenters. The summed E-state index contributed by atoms with van der Waals surface area (Å²) in [5, 5.41) is 13.8. The standard InChI is InChI=1S/C16H30N4O5S/c1-20(2,3)9-8-18-16(25)11(17)4-6-14(22)19-12(10-26)13(21)5-7-15(23)24/h11-12H,4-10,17H2,1-3H3,(H3-,18,19,22,23,24,25,26)/p+1/t11-,12-/m0/s1. The molecule has 0 aromatic heterocycles. The average Bonchev–Trinajstić information content (AvgIpc) is 2.53. The van der Waals surface area contributed by atoms with Gasteiger partial charge in [0.1, 0.15) is 0 Å². The van der Waals surface area contributed by atoms with Crippen LogP contribution >= 0.6 is 12.6 Å². The molecule has 0 saturated carbocycles. The summed E-state index contributed by atoms with van der Waals surface area (Å²) < 4.78 is 0.707. The van der Waals surface area contributed by atoms with Crippen molar-refractivity contribution in [1.82, 2.24) is 10.6 Å². The predicted molar refractivity (Wildman–Crippen MR) is 101 cm³/mol. The number of rotatable bonds is 13. The van der Waals surface area contributed by atoms with Gasteiger partial charge in [0, 0.05) is 18.6 Å². The average molecular weight is 392 g/mol. The molecule has 0 saturated heterocycles. The zero-order valence-corrected chi connectivity index (χ0v) is 16.6. The highest BCUT2D eigenvalue weighted by atomic mass is 32.1. The molecule has 2 amide bonds. The number of aliphatic carboxylic acids is 1. The Kier molecular flexibility index (Phi) is 11.1. The van der Waals surface area contributed by atoms with Crippen LogP contribution in [0.2, 0.25) is 0 Å². The van der Waals surface area contributed by atoms with Crippen LogP contribution in [0.1, 0.15) is 25.7 Å². The topological polar surface area (TPSA) is 139 Å². The van der Waals surface area contributed by atoms with Gasteiger partial charge in [0.15, 0.2) is 5.78 Å². The Morgan fingerprint density at radius 3 is 2.23 bits per heavy atom. The van der Waals surface area contributed by atoms with Gasteiger partial charge in [-0.3, -0.25) is 19.2 Å². The van der Waals surface area contributed by atoms with Crippen molar-refractivity contribution in [3.05, 3.63) is 0 Å². The van der Waals surface area contributed by atoms with Crippen LogP contribution in [0.25, 0.3) is 0 Å². The van der Waals surface area contributed by atoms with Gasteiger partial charge in [-0.1, -0.05) is 0 Å². The number of carbonyl (C=O) groups is 4. The number of likely N-dealkylation sites (N-methyl/N-ethyl adjacent to an activating group) is 1. The highest BCUT2D eigenvalue weighted by molar-refractivity contribution is 7.80. The van der Waals surface area contributed by atoms with Crippen LogP contribution in [0.3, 0.4) is 0 Å². The highest BCUT2D eigenvalue weighted by Crippen LogP contribution is 2.02. The lowest BCUT2D eigenvalue weighted by Gasteiger charge is -2.24. The molecule has 10 heteroatoms. The lowest BCUT2D eigenvalue weighted by molar-refractivity contribution is -0.869. The van der Waals surface area contributed by atoms with Gasteiger partial charge in [-0.15, -0.1) is 0 Å². The molecule has 0 rings (SSSR count). The third kappa shape index (κ3) is 11.8. The van der Waals surface area contributed by atoms with E-state index in [0.717, 1.165) is 6.54 Å². The molecule has 26 heavy (non-hydrogen) atoms. The van der Waals surface area contributed by atoms with Crippen LogP contribution in [-0.4, -0.2) is 85.2 Å². The van der Waals surface area contributed by atoms with Crippen molar-refractivity contribution >= 4 is 36.2 Å². The van der Waals surface area contributed by atoms with Gasteiger partial charge >= 0.3 is 5.97 Å². The normalized spacial score (nSPS) is 13.6. The van der Waals surface area contributed by atoms with Crippen molar-refractivity contribution in [3.8, 4) is 0 Å². The number of hydrogen-bond acceptors (Lipinski definition) is 6. The zero-order chi connectivity index (χ0) is 20.3. The molecule has 9 nitrogen and oxygen atoms in total. The van der Waals surface area contributed by atoms with E-state index in [2.05, 4.69) is 23.3 Å². The first-order chi connectivity index (χ1) is 12.0. The summed E-state index contributed by atoms with van der Waals surface area (Å²) in [6.45, 7) is 1.24. The molecule has 0 aliphatic heterocycles. The molecular weight excluding hydrogens is 360 g/mol. The minimum atomic E-state index is -1.08. The van der Waals surface area contributed by atoms with Crippen LogP contribution in [0.15, 0.2) is 0 Å². The van der Waals surface area contributed by atoms with Crippen molar-refractivity contribution < 1.29 is 28.8 Å². The molecule has 0 aromatic carbocycles. The Bertz CT molecular complexity index is 507. The minimum Gasteiger partial charge on any atom is -0.481 e. The molecule has 0 bridgehead atoms. The van der Waals surface area contributed by atoms with Crippen molar-refractivity contribution in [2.45, 2.75) is 37.8 Å². The van der Waals surface area contributed by atoms with E-state index in [4.69, 9.17) is 10.8 Å². The summed E-state index contributed by atoms with van der Waals surface area (Å²) in [6.07, 6.45) is -0.336. The van der Waals surface area contributed by atoms with Gasteiger partial charge < -0.3 is 26.0 Å². The Labute approximate surface area is 159 Å². The molecule has 0 aliphatic carbocycles. The van der Waals surface area contributed by atoms with Gasteiger partial charge in [-0.2, -0.15) is 12.6 Å². The number of nitrogens with two attached hydrogens (primary N) is 1. The van der Waals surface area contributed by atoms with Crippen LogP contribution < -0.4 is 16.4 Å². The first-order valence-electron chi connectivity index (χ1n) is 8.44. The SMILES string of the molecule is C[N+](C)(C)CCNC(=O)[C@@H](N)CCC(=O)N[C@@H](CS)C(=O)CCC(=O)O. The molecule has 0 heterocycles. The highest BCUT2D eigenvalue weighted by Gasteiger charge is 2.21. The van der Waals surface area contributed by atoms with E-state index >= 15 is 0 Å². The van der Waals surface area contributed by atoms with Gasteiger partial charge in [0.2, 0.25) is 11.8 Å². The fourth-order valence-corrected chi connectivity index (χ4v) is 2.26. The van der Waals surface area contributed by atoms with E-state index in [0.29, 0.717) is 11.0 Å². The lowest BCUT2D eigenvalue weighted by atomic mass is 10.1. The second kappa shape index (κ2) is 11.9. The van der Waals surface area contributed by atoms with E-state index < -0.39 is 29.7 Å². The first-order valence-corrected chi connectivity index (χ1v) is 9.08. The Morgan fingerprint density at radius 2 is 1.73 bits per heavy atom. The summed E-state index contributed by atoms with van der Waals surface area (Å²) in [5.41, 5.74) is 5.78. The van der Waals surface area contributed by atoms with Crippen LogP contribution in [0, 0.1) is 0 Å². The maximum Gasteiger partial charge on any atom is 0.303 e. The number of carboxylic acids is 1. The molecule has 0 aromatic rings. The number of quaternary nitrogens is 1. The number of hydrogen-bond donors (Lipinski definition) is 5. The number of carbonyl (C=O) groups excluding carboxylic acids is 3. The summed E-state index contributed by atoms with van der Waals surface area (Å²) in [4.78, 5) is 46.1. The Balaban J connectivity index is 4.23. The number of amides is 2. The molecule has 0 fully saturated rings. The monoisotopic (exact) mass is 391 g/mol. The Hall–Kier alpha value is -1.65. The smallest absolute Gasteiger partial charge is 0.303 e. The van der Waals surface area contributed by atoms with Crippen LogP contribution in [0.4, 0.5) is 0 Å². The third-order valence-corrected chi connectivity index (χ3v) is 3.96. The molecule has 0 unspecified atom stereocenters. The number of thiol groups is 1.